The standard InChI is InChI=1S/C17H15F3O/c1-12(13-5-3-2-4-6-13)11-16(21)14-7-9-15(10-8-14)17(18,19)20/h2-10,12H,11H2,1H3. The third kappa shape index (κ3) is 3.94. The van der Waals surface area contributed by atoms with Crippen LogP contribution in [0.1, 0.15) is 40.7 Å². The molecule has 4 heteroatoms. The number of hydrogen-bond acceptors (Lipinski definition) is 1. The minimum Gasteiger partial charge on any atom is -0.294 e. The van der Waals surface area contributed by atoms with E-state index < -0.39 is 11.7 Å². The van der Waals surface area contributed by atoms with Crippen molar-refractivity contribution in [2.24, 2.45) is 0 Å². The maximum absolute atomic E-state index is 12.5. The van der Waals surface area contributed by atoms with Crippen molar-refractivity contribution in [3.05, 3.63) is 71.3 Å². The second-order valence-corrected chi connectivity index (χ2v) is 5.01. The molecule has 0 aliphatic rings. The van der Waals surface area contributed by atoms with Gasteiger partial charge in [0.2, 0.25) is 0 Å². The summed E-state index contributed by atoms with van der Waals surface area (Å²) < 4.78 is 37.4. The van der Waals surface area contributed by atoms with Crippen molar-refractivity contribution >= 4 is 5.78 Å². The van der Waals surface area contributed by atoms with Crippen LogP contribution in [0.2, 0.25) is 0 Å². The first-order valence-electron chi connectivity index (χ1n) is 6.63. The molecule has 1 unspecified atom stereocenters. The Morgan fingerprint density at radius 3 is 2.10 bits per heavy atom. The fraction of sp³-hybridized carbons (Fsp3) is 0.235. The highest BCUT2D eigenvalue weighted by molar-refractivity contribution is 5.96. The van der Waals surface area contributed by atoms with Crippen molar-refractivity contribution in [1.82, 2.24) is 0 Å². The molecule has 0 aliphatic heterocycles. The lowest BCUT2D eigenvalue weighted by Gasteiger charge is -2.11. The monoisotopic (exact) mass is 292 g/mol. The summed E-state index contributed by atoms with van der Waals surface area (Å²) in [6.07, 6.45) is -4.10. The number of halogens is 3. The molecule has 1 nitrogen and oxygen atoms in total. The van der Waals surface area contributed by atoms with Gasteiger partial charge in [-0.25, -0.2) is 0 Å². The van der Waals surface area contributed by atoms with Crippen LogP contribution in [0.3, 0.4) is 0 Å². The summed E-state index contributed by atoms with van der Waals surface area (Å²) in [5, 5.41) is 0. The minimum atomic E-state index is -4.38. The van der Waals surface area contributed by atoms with Crippen molar-refractivity contribution in [1.29, 1.82) is 0 Å². The van der Waals surface area contributed by atoms with E-state index >= 15 is 0 Å². The first-order chi connectivity index (χ1) is 9.88. The van der Waals surface area contributed by atoms with Gasteiger partial charge in [0.15, 0.2) is 5.78 Å². The van der Waals surface area contributed by atoms with Crippen molar-refractivity contribution in [3.8, 4) is 0 Å². The predicted octanol–water partition coefficient (Wildman–Crippen LogP) is 5.08. The highest BCUT2D eigenvalue weighted by atomic mass is 19.4. The summed E-state index contributed by atoms with van der Waals surface area (Å²) in [5.41, 5.74) is 0.610. The van der Waals surface area contributed by atoms with E-state index in [1.165, 1.54) is 12.1 Å². The lowest BCUT2D eigenvalue weighted by atomic mass is 9.93. The fourth-order valence-electron chi connectivity index (χ4n) is 2.14. The molecule has 21 heavy (non-hydrogen) atoms. The zero-order valence-electron chi connectivity index (χ0n) is 11.5. The van der Waals surface area contributed by atoms with E-state index in [2.05, 4.69) is 0 Å². The maximum Gasteiger partial charge on any atom is 0.416 e. The molecular weight excluding hydrogens is 277 g/mol. The Balaban J connectivity index is 2.07. The molecule has 0 radical (unpaired) electrons. The first kappa shape index (κ1) is 15.3. The van der Waals surface area contributed by atoms with Gasteiger partial charge in [0.1, 0.15) is 0 Å². The van der Waals surface area contributed by atoms with Crippen molar-refractivity contribution in [2.75, 3.05) is 0 Å². The summed E-state index contributed by atoms with van der Waals surface area (Å²) in [5.74, 6) is -0.124. The van der Waals surface area contributed by atoms with Crippen LogP contribution in [-0.4, -0.2) is 5.78 Å². The van der Waals surface area contributed by atoms with Gasteiger partial charge in [0.25, 0.3) is 0 Å². The molecule has 1 atom stereocenters. The molecule has 0 heterocycles. The van der Waals surface area contributed by atoms with Crippen LogP contribution in [0.15, 0.2) is 54.6 Å². The van der Waals surface area contributed by atoms with Gasteiger partial charge >= 0.3 is 6.18 Å². The van der Waals surface area contributed by atoms with Crippen LogP contribution in [0.25, 0.3) is 0 Å². The highest BCUT2D eigenvalue weighted by Gasteiger charge is 2.30. The summed E-state index contributed by atoms with van der Waals surface area (Å²) in [4.78, 5) is 12.1. The van der Waals surface area contributed by atoms with Crippen LogP contribution >= 0.6 is 0 Å². The average molecular weight is 292 g/mol. The second-order valence-electron chi connectivity index (χ2n) is 5.01. The van der Waals surface area contributed by atoms with Gasteiger partial charge in [-0.15, -0.1) is 0 Å². The van der Waals surface area contributed by atoms with Gasteiger partial charge in [0, 0.05) is 12.0 Å². The molecule has 0 aromatic heterocycles. The van der Waals surface area contributed by atoms with Crippen LogP contribution in [0.4, 0.5) is 13.2 Å². The van der Waals surface area contributed by atoms with Gasteiger partial charge in [-0.3, -0.25) is 4.79 Å². The molecule has 2 aromatic rings. The molecular formula is C17H15F3O. The van der Waals surface area contributed by atoms with Crippen LogP contribution in [0, 0.1) is 0 Å². The number of benzene rings is 2. The Hall–Kier alpha value is -2.10. The van der Waals surface area contributed by atoms with Gasteiger partial charge in [-0.2, -0.15) is 13.2 Å². The average Bonchev–Trinajstić information content (AvgIpc) is 2.47. The van der Waals surface area contributed by atoms with Gasteiger partial charge in [-0.05, 0) is 23.6 Å². The number of carbonyl (C=O) groups is 1. The molecule has 110 valence electrons. The molecule has 2 aromatic carbocycles. The zero-order valence-corrected chi connectivity index (χ0v) is 11.5. The second kappa shape index (κ2) is 6.12. The van der Waals surface area contributed by atoms with Crippen molar-refractivity contribution in [3.63, 3.8) is 0 Å². The van der Waals surface area contributed by atoms with Crippen LogP contribution in [0.5, 0.6) is 0 Å². The third-order valence-electron chi connectivity index (χ3n) is 3.39. The SMILES string of the molecule is CC(CC(=O)c1ccc(C(F)(F)F)cc1)c1ccccc1. The Kier molecular flexibility index (Phi) is 4.46. The first-order valence-corrected chi connectivity index (χ1v) is 6.63. The fourth-order valence-corrected chi connectivity index (χ4v) is 2.14. The Morgan fingerprint density at radius 2 is 1.57 bits per heavy atom. The lowest BCUT2D eigenvalue weighted by Crippen LogP contribution is -2.08. The van der Waals surface area contributed by atoms with E-state index in [-0.39, 0.29) is 18.1 Å². The number of Topliss-reactive ketones (excluding diaryl/α,β-unsaturated/α-hetero) is 1. The largest absolute Gasteiger partial charge is 0.416 e. The summed E-state index contributed by atoms with van der Waals surface area (Å²) in [7, 11) is 0. The minimum absolute atomic E-state index is 0.0287. The molecule has 0 aliphatic carbocycles. The lowest BCUT2D eigenvalue weighted by molar-refractivity contribution is -0.137. The van der Waals surface area contributed by atoms with E-state index in [0.29, 0.717) is 5.56 Å². The summed E-state index contributed by atoms with van der Waals surface area (Å²) >= 11 is 0. The van der Waals surface area contributed by atoms with Crippen molar-refractivity contribution < 1.29 is 18.0 Å². The molecule has 0 saturated carbocycles. The molecule has 0 spiro atoms. The Bertz CT molecular complexity index is 600. The van der Waals surface area contributed by atoms with E-state index in [1.54, 1.807) is 0 Å². The number of ketones is 1. The molecule has 0 amide bonds. The van der Waals surface area contributed by atoms with E-state index in [9.17, 15) is 18.0 Å². The van der Waals surface area contributed by atoms with Gasteiger partial charge < -0.3 is 0 Å². The molecule has 0 N–H and O–H groups in total. The molecule has 2 rings (SSSR count). The molecule has 0 fully saturated rings. The topological polar surface area (TPSA) is 17.1 Å². The van der Waals surface area contributed by atoms with E-state index in [0.717, 1.165) is 17.7 Å². The number of carbonyl (C=O) groups excluding carboxylic acids is 1. The van der Waals surface area contributed by atoms with Gasteiger partial charge in [-0.1, -0.05) is 49.4 Å². The zero-order chi connectivity index (χ0) is 15.5. The summed E-state index contributed by atoms with van der Waals surface area (Å²) in [6, 6.07) is 13.9. The molecule has 0 bridgehead atoms. The van der Waals surface area contributed by atoms with E-state index in [1.807, 2.05) is 37.3 Å². The highest BCUT2D eigenvalue weighted by Crippen LogP contribution is 2.29. The van der Waals surface area contributed by atoms with Gasteiger partial charge in [0.05, 0.1) is 5.56 Å². The van der Waals surface area contributed by atoms with Crippen LogP contribution in [-0.2, 0) is 6.18 Å². The predicted molar refractivity (Wildman–Crippen MR) is 75.2 cm³/mol. The van der Waals surface area contributed by atoms with E-state index in [4.69, 9.17) is 0 Å². The normalized spacial score (nSPS) is 13.0. The Labute approximate surface area is 121 Å². The maximum atomic E-state index is 12.5. The Morgan fingerprint density at radius 1 is 1.00 bits per heavy atom. The van der Waals surface area contributed by atoms with Crippen LogP contribution < -0.4 is 0 Å². The number of rotatable bonds is 4. The number of alkyl halides is 3. The van der Waals surface area contributed by atoms with Crippen molar-refractivity contribution in [2.45, 2.75) is 25.4 Å². The number of hydrogen-bond donors (Lipinski definition) is 0. The summed E-state index contributed by atoms with van der Waals surface area (Å²) in [6.45, 7) is 1.93. The smallest absolute Gasteiger partial charge is 0.294 e. The third-order valence-corrected chi connectivity index (χ3v) is 3.39. The quantitative estimate of drug-likeness (QED) is 0.718. The molecule has 0 saturated heterocycles.